The van der Waals surface area contributed by atoms with Crippen molar-refractivity contribution in [1.82, 2.24) is 9.38 Å². The Kier molecular flexibility index (Phi) is 6.52. The second-order valence-corrected chi connectivity index (χ2v) is 7.38. The molecule has 0 spiro atoms. The molecular weight excluding hydrogens is 396 g/mol. The molecule has 2 aromatic heterocycles. The minimum absolute atomic E-state index is 0.243. The number of hydrogen-bond acceptors (Lipinski definition) is 5. The Morgan fingerprint density at radius 2 is 2.07 bits per heavy atom. The zero-order chi connectivity index (χ0) is 20.3. The first-order chi connectivity index (χ1) is 13.5. The first-order valence-corrected chi connectivity index (χ1v) is 10.7. The summed E-state index contributed by atoms with van der Waals surface area (Å²) in [7, 11) is 1.61. The van der Waals surface area contributed by atoms with E-state index in [2.05, 4.69) is 0 Å². The molecule has 0 fully saturated rings. The Balaban J connectivity index is 2.20. The summed E-state index contributed by atoms with van der Waals surface area (Å²) in [5.41, 5.74) is 3.26. The lowest BCUT2D eigenvalue weighted by molar-refractivity contribution is -0.145. The van der Waals surface area contributed by atoms with E-state index in [0.29, 0.717) is 23.8 Å². The number of carbonyl (C=O) groups is 1. The van der Waals surface area contributed by atoms with Crippen molar-refractivity contribution in [2.75, 3.05) is 20.0 Å². The van der Waals surface area contributed by atoms with Gasteiger partial charge in [0.2, 0.25) is 0 Å². The molecule has 0 aliphatic heterocycles. The van der Waals surface area contributed by atoms with E-state index in [9.17, 15) is 4.79 Å². The Hall–Kier alpha value is -2.18. The highest BCUT2D eigenvalue weighted by atomic mass is 35.5. The van der Waals surface area contributed by atoms with E-state index in [1.165, 1.54) is 0 Å². The van der Waals surface area contributed by atoms with Crippen LogP contribution in [-0.4, -0.2) is 35.3 Å². The number of aromatic nitrogens is 2. The molecule has 1 unspecified atom stereocenters. The second-order valence-electron chi connectivity index (χ2n) is 6.18. The minimum atomic E-state index is -0.401. The van der Waals surface area contributed by atoms with Crippen LogP contribution in [0, 0.1) is 0 Å². The molecular formula is C21H23ClN2O3S. The lowest BCUT2D eigenvalue weighted by Crippen LogP contribution is -2.16. The van der Waals surface area contributed by atoms with Gasteiger partial charge in [-0.3, -0.25) is 9.20 Å². The molecule has 1 aromatic carbocycles. The third kappa shape index (κ3) is 3.71. The monoisotopic (exact) mass is 418 g/mol. The number of benzene rings is 1. The number of rotatable bonds is 7. The number of pyridine rings is 1. The molecule has 0 radical (unpaired) electrons. The Bertz CT molecular complexity index is 1000. The molecule has 148 valence electrons. The fourth-order valence-corrected chi connectivity index (χ4v) is 4.27. The quantitative estimate of drug-likeness (QED) is 0.377. The largest absolute Gasteiger partial charge is 0.497 e. The van der Waals surface area contributed by atoms with Gasteiger partial charge >= 0.3 is 5.97 Å². The maximum absolute atomic E-state index is 12.5. The van der Waals surface area contributed by atoms with Crippen LogP contribution in [0.2, 0.25) is 5.02 Å². The average Bonchev–Trinajstić information content (AvgIpc) is 3.07. The lowest BCUT2D eigenvalue weighted by Gasteiger charge is -2.12. The number of imidazole rings is 1. The molecule has 0 aliphatic rings. The maximum atomic E-state index is 12.5. The maximum Gasteiger partial charge on any atom is 0.315 e. The van der Waals surface area contributed by atoms with Gasteiger partial charge < -0.3 is 9.47 Å². The zero-order valence-electron chi connectivity index (χ0n) is 16.4. The SMILES string of the molecule is CCOC(=O)C(CC)c1nc2c(-c3ccc(OC)cc3Cl)cccn2c1SC. The van der Waals surface area contributed by atoms with Crippen LogP contribution in [0.4, 0.5) is 0 Å². The van der Waals surface area contributed by atoms with Crippen molar-refractivity contribution in [2.24, 2.45) is 0 Å². The van der Waals surface area contributed by atoms with Crippen LogP contribution in [0.5, 0.6) is 5.75 Å². The van der Waals surface area contributed by atoms with Gasteiger partial charge in [0, 0.05) is 17.3 Å². The fourth-order valence-electron chi connectivity index (χ4n) is 3.26. The molecule has 0 saturated carbocycles. The summed E-state index contributed by atoms with van der Waals surface area (Å²) in [5, 5.41) is 1.52. The normalized spacial score (nSPS) is 12.2. The number of hydrogen-bond donors (Lipinski definition) is 0. The van der Waals surface area contributed by atoms with Crippen molar-refractivity contribution in [2.45, 2.75) is 31.2 Å². The Labute approximate surface area is 174 Å². The first kappa shape index (κ1) is 20.6. The van der Waals surface area contributed by atoms with Crippen molar-refractivity contribution in [3.63, 3.8) is 0 Å². The summed E-state index contributed by atoms with van der Waals surface area (Å²) in [5.74, 6) is 0.0529. The summed E-state index contributed by atoms with van der Waals surface area (Å²) in [6.07, 6.45) is 4.56. The highest BCUT2D eigenvalue weighted by molar-refractivity contribution is 7.98. The van der Waals surface area contributed by atoms with Crippen LogP contribution < -0.4 is 4.74 Å². The number of nitrogens with zero attached hydrogens (tertiary/aromatic N) is 2. The molecule has 3 aromatic rings. The third-order valence-corrected chi connectivity index (χ3v) is 5.71. The van der Waals surface area contributed by atoms with Gasteiger partial charge in [0.15, 0.2) is 0 Å². The number of esters is 1. The van der Waals surface area contributed by atoms with Gasteiger partial charge in [-0.25, -0.2) is 4.98 Å². The van der Waals surface area contributed by atoms with Crippen molar-refractivity contribution < 1.29 is 14.3 Å². The van der Waals surface area contributed by atoms with Crippen LogP contribution in [0.1, 0.15) is 31.9 Å². The van der Waals surface area contributed by atoms with Gasteiger partial charge in [-0.05, 0) is 49.9 Å². The van der Waals surface area contributed by atoms with Gasteiger partial charge in [-0.2, -0.15) is 0 Å². The number of carbonyl (C=O) groups excluding carboxylic acids is 1. The smallest absolute Gasteiger partial charge is 0.315 e. The topological polar surface area (TPSA) is 52.8 Å². The summed E-state index contributed by atoms with van der Waals surface area (Å²) in [6, 6.07) is 9.52. The Morgan fingerprint density at radius 1 is 1.29 bits per heavy atom. The molecule has 0 aliphatic carbocycles. The van der Waals surface area contributed by atoms with Crippen LogP contribution in [0.3, 0.4) is 0 Å². The predicted molar refractivity (Wildman–Crippen MR) is 114 cm³/mol. The molecule has 0 bridgehead atoms. The minimum Gasteiger partial charge on any atom is -0.497 e. The van der Waals surface area contributed by atoms with E-state index in [4.69, 9.17) is 26.1 Å². The van der Waals surface area contributed by atoms with Crippen LogP contribution >= 0.6 is 23.4 Å². The Morgan fingerprint density at radius 3 is 2.68 bits per heavy atom. The van der Waals surface area contributed by atoms with Crippen LogP contribution in [0.15, 0.2) is 41.6 Å². The molecule has 3 rings (SSSR count). The summed E-state index contributed by atoms with van der Waals surface area (Å²) >= 11 is 8.07. The molecule has 0 saturated heterocycles. The summed E-state index contributed by atoms with van der Waals surface area (Å²) in [4.78, 5) is 17.4. The van der Waals surface area contributed by atoms with Crippen molar-refractivity contribution >= 4 is 35.0 Å². The molecule has 5 nitrogen and oxygen atoms in total. The third-order valence-electron chi connectivity index (χ3n) is 4.60. The molecule has 0 amide bonds. The number of ether oxygens (including phenoxy) is 2. The number of halogens is 1. The van der Waals surface area contributed by atoms with Crippen molar-refractivity contribution in [3.8, 4) is 16.9 Å². The van der Waals surface area contributed by atoms with Gasteiger partial charge in [0.25, 0.3) is 0 Å². The molecule has 28 heavy (non-hydrogen) atoms. The lowest BCUT2D eigenvalue weighted by atomic mass is 10.0. The average molecular weight is 419 g/mol. The highest BCUT2D eigenvalue weighted by Crippen LogP contribution is 2.37. The first-order valence-electron chi connectivity index (χ1n) is 9.11. The van der Waals surface area contributed by atoms with Crippen molar-refractivity contribution in [1.29, 1.82) is 0 Å². The predicted octanol–water partition coefficient (Wildman–Crippen LogP) is 5.44. The standard InChI is InChI=1S/C21H23ClN2O3S/c1-5-14(21(25)27-6-2)18-20(28-4)24-11-7-8-16(19(24)23-18)15-10-9-13(26-3)12-17(15)22/h7-12,14H,5-6H2,1-4H3. The van der Waals surface area contributed by atoms with E-state index in [1.807, 2.05) is 55.0 Å². The summed E-state index contributed by atoms with van der Waals surface area (Å²) < 4.78 is 12.5. The van der Waals surface area contributed by atoms with E-state index in [1.54, 1.807) is 24.9 Å². The molecule has 2 heterocycles. The van der Waals surface area contributed by atoms with Crippen molar-refractivity contribution in [3.05, 3.63) is 47.2 Å². The second kappa shape index (κ2) is 8.88. The van der Waals surface area contributed by atoms with Gasteiger partial charge in [-0.15, -0.1) is 11.8 Å². The number of thioether (sulfide) groups is 1. The van der Waals surface area contributed by atoms with Gasteiger partial charge in [0.1, 0.15) is 22.3 Å². The van der Waals surface area contributed by atoms with E-state index < -0.39 is 5.92 Å². The number of fused-ring (bicyclic) bond motifs is 1. The van der Waals surface area contributed by atoms with Crippen LogP contribution in [0.25, 0.3) is 16.8 Å². The molecule has 0 N–H and O–H groups in total. The zero-order valence-corrected chi connectivity index (χ0v) is 17.9. The number of methoxy groups -OCH3 is 1. The van der Waals surface area contributed by atoms with E-state index in [0.717, 1.165) is 27.5 Å². The van der Waals surface area contributed by atoms with Gasteiger partial charge in [0.05, 0.1) is 24.4 Å². The summed E-state index contributed by atoms with van der Waals surface area (Å²) in [6.45, 7) is 4.13. The highest BCUT2D eigenvalue weighted by Gasteiger charge is 2.28. The molecule has 1 atom stereocenters. The molecule has 7 heteroatoms. The fraction of sp³-hybridized carbons (Fsp3) is 0.333. The van der Waals surface area contributed by atoms with E-state index >= 15 is 0 Å². The van der Waals surface area contributed by atoms with Gasteiger partial charge in [-0.1, -0.05) is 18.5 Å². The van der Waals surface area contributed by atoms with Crippen LogP contribution in [-0.2, 0) is 9.53 Å². The van der Waals surface area contributed by atoms with E-state index in [-0.39, 0.29) is 5.97 Å².